The van der Waals surface area contributed by atoms with Crippen molar-refractivity contribution < 1.29 is 9.59 Å². The predicted octanol–water partition coefficient (Wildman–Crippen LogP) is 5.93. The van der Waals surface area contributed by atoms with Crippen LogP contribution < -0.4 is 0 Å². The van der Waals surface area contributed by atoms with Crippen LogP contribution in [0.15, 0.2) is 35.9 Å². The van der Waals surface area contributed by atoms with Gasteiger partial charge in [0.05, 0.1) is 0 Å². The highest BCUT2D eigenvalue weighted by atomic mass is 32.1. The summed E-state index contributed by atoms with van der Waals surface area (Å²) in [6, 6.07) is 0.454. The van der Waals surface area contributed by atoms with E-state index in [4.69, 9.17) is 0 Å². The van der Waals surface area contributed by atoms with E-state index in [-0.39, 0.29) is 5.91 Å². The first-order valence-corrected chi connectivity index (χ1v) is 15.1. The number of likely N-dealkylation sites (tertiary alicyclic amines) is 1. The van der Waals surface area contributed by atoms with Crippen molar-refractivity contribution >= 4 is 23.2 Å². The monoisotopic (exact) mass is 514 g/mol. The normalized spacial score (nSPS) is 17.4. The van der Waals surface area contributed by atoms with Gasteiger partial charge in [0.1, 0.15) is 0 Å². The van der Waals surface area contributed by atoms with Gasteiger partial charge in [0, 0.05) is 63.3 Å². The second-order valence-corrected chi connectivity index (χ2v) is 11.0. The Kier molecular flexibility index (Phi) is 13.3. The van der Waals surface area contributed by atoms with Gasteiger partial charge in [-0.25, -0.2) is 4.98 Å². The lowest BCUT2D eigenvalue weighted by atomic mass is 10.0. The fourth-order valence-corrected chi connectivity index (χ4v) is 5.49. The van der Waals surface area contributed by atoms with Crippen molar-refractivity contribution in [3.8, 4) is 0 Å². The van der Waals surface area contributed by atoms with Crippen molar-refractivity contribution in [2.75, 3.05) is 39.3 Å². The van der Waals surface area contributed by atoms with Crippen molar-refractivity contribution in [3.05, 3.63) is 40.9 Å². The fraction of sp³-hybridized carbons (Fsp3) is 0.690. The van der Waals surface area contributed by atoms with E-state index >= 15 is 0 Å². The molecule has 0 N–H and O–H groups in total. The van der Waals surface area contributed by atoms with E-state index < -0.39 is 0 Å². The molecule has 2 amide bonds. The molecular weight excluding hydrogens is 468 g/mol. The standard InChI is InChI=1S/C29H46N4O2S/c1-2-3-4-5-6-7-8-9-10-11-12-13-14-15-16-17-27(34)33-24-26(25-33)31-19-21-32(22-20-31)29(35)28-30-18-23-36-28/h6-7,9-10,18,23,26H,2-5,8,11-17,19-22,24-25H2,1H3/b7-6+,10-9+. The third kappa shape index (κ3) is 9.81. The number of amides is 2. The zero-order chi connectivity index (χ0) is 25.4. The number of nitrogens with zero attached hydrogens (tertiary/aromatic N) is 4. The number of piperazine rings is 1. The van der Waals surface area contributed by atoms with Gasteiger partial charge in [-0.15, -0.1) is 11.3 Å². The van der Waals surface area contributed by atoms with Crippen LogP contribution >= 0.6 is 11.3 Å². The van der Waals surface area contributed by atoms with Gasteiger partial charge in [-0.1, -0.05) is 63.3 Å². The largest absolute Gasteiger partial charge is 0.339 e. The van der Waals surface area contributed by atoms with Gasteiger partial charge in [0.25, 0.3) is 5.91 Å². The van der Waals surface area contributed by atoms with Crippen LogP contribution in [0.2, 0.25) is 0 Å². The highest BCUT2D eigenvalue weighted by Gasteiger charge is 2.36. The molecular formula is C29H46N4O2S. The molecule has 1 aromatic rings. The number of aromatic nitrogens is 1. The van der Waals surface area contributed by atoms with Gasteiger partial charge in [-0.2, -0.15) is 0 Å². The number of carbonyl (C=O) groups excluding carboxylic acids is 2. The molecule has 0 radical (unpaired) electrons. The summed E-state index contributed by atoms with van der Waals surface area (Å²) >= 11 is 1.40. The van der Waals surface area contributed by atoms with Crippen LogP contribution in [0.4, 0.5) is 0 Å². The molecule has 0 atom stereocenters. The Morgan fingerprint density at radius 2 is 1.56 bits per heavy atom. The van der Waals surface area contributed by atoms with Crippen LogP contribution in [0.5, 0.6) is 0 Å². The summed E-state index contributed by atoms with van der Waals surface area (Å²) in [5.41, 5.74) is 0. The second kappa shape index (κ2) is 16.7. The van der Waals surface area contributed by atoms with Crippen molar-refractivity contribution in [2.24, 2.45) is 0 Å². The predicted molar refractivity (Wildman–Crippen MR) is 149 cm³/mol. The lowest BCUT2D eigenvalue weighted by Gasteiger charge is -2.48. The molecule has 0 unspecified atom stereocenters. The summed E-state index contributed by atoms with van der Waals surface area (Å²) in [6.45, 7) is 7.20. The molecule has 2 fully saturated rings. The molecule has 200 valence electrons. The lowest BCUT2D eigenvalue weighted by molar-refractivity contribution is -0.139. The van der Waals surface area contributed by atoms with E-state index in [1.165, 1.54) is 62.7 Å². The Morgan fingerprint density at radius 3 is 2.22 bits per heavy atom. The summed E-state index contributed by atoms with van der Waals surface area (Å²) in [7, 11) is 0. The minimum atomic E-state index is 0.0486. The van der Waals surface area contributed by atoms with E-state index in [0.29, 0.717) is 23.4 Å². The summed E-state index contributed by atoms with van der Waals surface area (Å²) < 4.78 is 0. The third-order valence-electron chi connectivity index (χ3n) is 7.29. The molecule has 0 bridgehead atoms. The minimum Gasteiger partial charge on any atom is -0.339 e. The second-order valence-electron chi connectivity index (χ2n) is 10.1. The van der Waals surface area contributed by atoms with E-state index in [1.54, 1.807) is 6.20 Å². The Balaban J connectivity index is 1.13. The highest BCUT2D eigenvalue weighted by molar-refractivity contribution is 7.11. The van der Waals surface area contributed by atoms with Crippen molar-refractivity contribution in [3.63, 3.8) is 0 Å². The Labute approximate surface area is 222 Å². The zero-order valence-corrected chi connectivity index (χ0v) is 23.1. The Morgan fingerprint density at radius 1 is 0.889 bits per heavy atom. The number of thiazole rings is 1. The number of hydrogen-bond donors (Lipinski definition) is 0. The molecule has 2 aliphatic heterocycles. The van der Waals surface area contributed by atoms with Crippen LogP contribution in [0, 0.1) is 0 Å². The summed E-state index contributed by atoms with van der Waals surface area (Å²) in [4.78, 5) is 35.4. The van der Waals surface area contributed by atoms with Crippen molar-refractivity contribution in [2.45, 2.75) is 90.0 Å². The van der Waals surface area contributed by atoms with Gasteiger partial charge in [-0.05, 0) is 38.5 Å². The van der Waals surface area contributed by atoms with Crippen molar-refractivity contribution in [1.29, 1.82) is 0 Å². The number of unbranched alkanes of at least 4 members (excludes halogenated alkanes) is 8. The van der Waals surface area contributed by atoms with Crippen LogP contribution in [-0.4, -0.2) is 76.8 Å². The van der Waals surface area contributed by atoms with Crippen LogP contribution in [0.3, 0.4) is 0 Å². The van der Waals surface area contributed by atoms with Gasteiger partial charge >= 0.3 is 0 Å². The summed E-state index contributed by atoms with van der Waals surface area (Å²) in [5.74, 6) is 0.363. The molecule has 6 nitrogen and oxygen atoms in total. The number of carbonyl (C=O) groups is 2. The molecule has 7 heteroatoms. The zero-order valence-electron chi connectivity index (χ0n) is 22.3. The van der Waals surface area contributed by atoms with Crippen LogP contribution in [-0.2, 0) is 4.79 Å². The molecule has 36 heavy (non-hydrogen) atoms. The average molecular weight is 515 g/mol. The molecule has 2 aliphatic rings. The molecule has 1 aromatic heterocycles. The maximum atomic E-state index is 12.5. The van der Waals surface area contributed by atoms with Gasteiger partial charge in [0.15, 0.2) is 5.01 Å². The molecule has 0 aliphatic carbocycles. The first kappa shape index (κ1) is 28.6. The Bertz CT molecular complexity index is 809. The summed E-state index contributed by atoms with van der Waals surface area (Å²) in [5, 5.41) is 2.43. The van der Waals surface area contributed by atoms with Crippen molar-refractivity contribution in [1.82, 2.24) is 19.7 Å². The quantitative estimate of drug-likeness (QED) is 0.203. The number of rotatable bonds is 16. The fourth-order valence-electron chi connectivity index (χ4n) is 4.89. The molecule has 3 heterocycles. The molecule has 2 saturated heterocycles. The first-order chi connectivity index (χ1) is 17.7. The van der Waals surface area contributed by atoms with Gasteiger partial charge in [0.2, 0.25) is 5.91 Å². The Hall–Kier alpha value is -1.99. The highest BCUT2D eigenvalue weighted by Crippen LogP contribution is 2.20. The molecule has 0 saturated carbocycles. The maximum absolute atomic E-state index is 12.5. The van der Waals surface area contributed by atoms with Crippen LogP contribution in [0.1, 0.15) is 93.8 Å². The lowest BCUT2D eigenvalue weighted by Crippen LogP contribution is -2.64. The molecule has 0 aromatic carbocycles. The smallest absolute Gasteiger partial charge is 0.282 e. The van der Waals surface area contributed by atoms with E-state index in [9.17, 15) is 9.59 Å². The van der Waals surface area contributed by atoms with E-state index in [0.717, 1.165) is 58.5 Å². The van der Waals surface area contributed by atoms with E-state index in [1.807, 2.05) is 15.2 Å². The SMILES string of the molecule is CCCCC/C=C/C/C=C/CCCCCCCC(=O)N1CC(N2CCN(C(=O)c3nccs3)CC2)C1. The van der Waals surface area contributed by atoms with E-state index in [2.05, 4.69) is 41.1 Å². The minimum absolute atomic E-state index is 0.0486. The average Bonchev–Trinajstić information content (AvgIpc) is 3.40. The van der Waals surface area contributed by atoms with Gasteiger partial charge < -0.3 is 9.80 Å². The summed E-state index contributed by atoms with van der Waals surface area (Å²) in [6.07, 6.45) is 24.9. The van der Waals surface area contributed by atoms with Crippen LogP contribution in [0.25, 0.3) is 0 Å². The first-order valence-electron chi connectivity index (χ1n) is 14.2. The topological polar surface area (TPSA) is 56.8 Å². The number of hydrogen-bond acceptors (Lipinski definition) is 5. The van der Waals surface area contributed by atoms with Gasteiger partial charge in [-0.3, -0.25) is 14.5 Å². The third-order valence-corrected chi connectivity index (χ3v) is 8.05. The maximum Gasteiger partial charge on any atom is 0.282 e. The molecule has 0 spiro atoms. The number of allylic oxidation sites excluding steroid dienone is 4. The molecule has 3 rings (SSSR count).